The SMILES string of the molecule is CCNC(=NCc1ccc(Br)cc1F)NC1C2CCOC2C1(C)C.I. The van der Waals surface area contributed by atoms with Crippen LogP contribution in [0.5, 0.6) is 0 Å². The van der Waals surface area contributed by atoms with Crippen molar-refractivity contribution in [2.24, 2.45) is 16.3 Å². The van der Waals surface area contributed by atoms with Crippen LogP contribution in [0.4, 0.5) is 4.39 Å². The minimum absolute atomic E-state index is 0. The fourth-order valence-corrected chi connectivity index (χ4v) is 4.23. The van der Waals surface area contributed by atoms with Crippen LogP contribution in [-0.2, 0) is 11.3 Å². The van der Waals surface area contributed by atoms with Crippen LogP contribution in [0.25, 0.3) is 0 Å². The molecule has 0 radical (unpaired) electrons. The number of benzene rings is 1. The standard InChI is InChI=1S/C18H25BrFN3O.HI/c1-4-21-17(22-10-11-5-6-12(19)9-14(11)20)23-15-13-7-8-24-16(13)18(15,2)3;/h5-6,9,13,15-16H,4,7-8,10H2,1-3H3,(H2,21,22,23);1H. The number of rotatable bonds is 4. The molecular weight excluding hydrogens is 500 g/mol. The van der Waals surface area contributed by atoms with Gasteiger partial charge < -0.3 is 15.4 Å². The molecule has 0 amide bonds. The molecule has 2 fully saturated rings. The average molecular weight is 526 g/mol. The van der Waals surface area contributed by atoms with Gasteiger partial charge in [-0.2, -0.15) is 0 Å². The molecule has 1 saturated heterocycles. The van der Waals surface area contributed by atoms with Crippen LogP contribution >= 0.6 is 39.9 Å². The summed E-state index contributed by atoms with van der Waals surface area (Å²) in [5.74, 6) is 1.04. The van der Waals surface area contributed by atoms with Gasteiger partial charge in [-0.15, -0.1) is 24.0 Å². The molecule has 1 aromatic carbocycles. The summed E-state index contributed by atoms with van der Waals surface area (Å²) in [6, 6.07) is 5.41. The van der Waals surface area contributed by atoms with Crippen LogP contribution in [-0.4, -0.2) is 31.3 Å². The van der Waals surface area contributed by atoms with Crippen LogP contribution in [0.2, 0.25) is 0 Å². The zero-order valence-electron chi connectivity index (χ0n) is 14.8. The second kappa shape index (κ2) is 8.52. The highest BCUT2D eigenvalue weighted by molar-refractivity contribution is 14.0. The van der Waals surface area contributed by atoms with E-state index in [1.807, 2.05) is 13.0 Å². The van der Waals surface area contributed by atoms with Crippen LogP contribution in [0.3, 0.4) is 0 Å². The Kier molecular flexibility index (Phi) is 7.12. The zero-order valence-corrected chi connectivity index (χ0v) is 18.7. The third-order valence-corrected chi connectivity index (χ3v) is 5.65. The maximum atomic E-state index is 14.0. The maximum absolute atomic E-state index is 14.0. The molecule has 3 atom stereocenters. The van der Waals surface area contributed by atoms with Gasteiger partial charge in [0.15, 0.2) is 5.96 Å². The van der Waals surface area contributed by atoms with Gasteiger partial charge in [0.05, 0.1) is 12.6 Å². The first-order valence-electron chi connectivity index (χ1n) is 8.54. The van der Waals surface area contributed by atoms with Crippen LogP contribution in [0, 0.1) is 17.2 Å². The number of fused-ring (bicyclic) bond motifs is 1. The van der Waals surface area contributed by atoms with Crippen LogP contribution in [0.15, 0.2) is 27.7 Å². The molecule has 2 aliphatic rings. The van der Waals surface area contributed by atoms with Crippen molar-refractivity contribution in [3.05, 3.63) is 34.1 Å². The van der Waals surface area contributed by atoms with Crippen molar-refractivity contribution in [1.29, 1.82) is 0 Å². The van der Waals surface area contributed by atoms with E-state index in [1.165, 1.54) is 6.07 Å². The third-order valence-electron chi connectivity index (χ3n) is 5.16. The number of hydrogen-bond donors (Lipinski definition) is 2. The minimum atomic E-state index is -0.239. The second-order valence-electron chi connectivity index (χ2n) is 7.12. The average Bonchev–Trinajstić information content (AvgIpc) is 2.98. The van der Waals surface area contributed by atoms with E-state index in [0.29, 0.717) is 30.2 Å². The normalized spacial score (nSPS) is 27.1. The van der Waals surface area contributed by atoms with Crippen molar-refractivity contribution in [2.75, 3.05) is 13.2 Å². The molecule has 0 bridgehead atoms. The smallest absolute Gasteiger partial charge is 0.191 e. The van der Waals surface area contributed by atoms with Gasteiger partial charge in [-0.1, -0.05) is 35.8 Å². The molecule has 3 rings (SSSR count). The number of hydrogen-bond acceptors (Lipinski definition) is 2. The van der Waals surface area contributed by atoms with E-state index in [-0.39, 0.29) is 35.2 Å². The van der Waals surface area contributed by atoms with E-state index in [1.54, 1.807) is 6.07 Å². The summed E-state index contributed by atoms with van der Waals surface area (Å²) < 4.78 is 20.5. The highest BCUT2D eigenvalue weighted by Gasteiger charge is 2.59. The zero-order chi connectivity index (χ0) is 17.3. The number of halogens is 3. The highest BCUT2D eigenvalue weighted by Crippen LogP contribution is 2.52. The summed E-state index contributed by atoms with van der Waals surface area (Å²) in [7, 11) is 0. The van der Waals surface area contributed by atoms with E-state index in [0.717, 1.165) is 30.0 Å². The van der Waals surface area contributed by atoms with Gasteiger partial charge >= 0.3 is 0 Å². The van der Waals surface area contributed by atoms with Crippen molar-refractivity contribution in [1.82, 2.24) is 10.6 Å². The Morgan fingerprint density at radius 1 is 1.44 bits per heavy atom. The summed E-state index contributed by atoms with van der Waals surface area (Å²) in [5.41, 5.74) is 0.672. The van der Waals surface area contributed by atoms with Gasteiger partial charge in [0.1, 0.15) is 5.82 Å². The lowest BCUT2D eigenvalue weighted by Gasteiger charge is -2.54. The summed E-state index contributed by atoms with van der Waals surface area (Å²) >= 11 is 3.28. The Morgan fingerprint density at radius 2 is 2.20 bits per heavy atom. The summed E-state index contributed by atoms with van der Waals surface area (Å²) in [5, 5.41) is 6.81. The van der Waals surface area contributed by atoms with Crippen LogP contribution < -0.4 is 10.6 Å². The largest absolute Gasteiger partial charge is 0.377 e. The first-order valence-corrected chi connectivity index (χ1v) is 9.33. The number of guanidine groups is 1. The third kappa shape index (κ3) is 4.30. The first-order chi connectivity index (χ1) is 11.4. The number of ether oxygens (including phenoxy) is 1. The van der Waals surface area contributed by atoms with Gasteiger partial charge in [-0.3, -0.25) is 0 Å². The molecule has 0 spiro atoms. The molecule has 7 heteroatoms. The summed E-state index contributed by atoms with van der Waals surface area (Å²) in [6.07, 6.45) is 1.42. The summed E-state index contributed by atoms with van der Waals surface area (Å²) in [6.45, 7) is 8.42. The molecular formula is C18H26BrFIN3O. The van der Waals surface area contributed by atoms with Crippen molar-refractivity contribution < 1.29 is 9.13 Å². The Labute approximate surface area is 174 Å². The number of nitrogens with zero attached hydrogens (tertiary/aromatic N) is 1. The fraction of sp³-hybridized carbons (Fsp3) is 0.611. The van der Waals surface area contributed by atoms with Crippen molar-refractivity contribution in [2.45, 2.75) is 45.9 Å². The molecule has 140 valence electrons. The Morgan fingerprint density at radius 3 is 2.88 bits per heavy atom. The van der Waals surface area contributed by atoms with E-state index in [9.17, 15) is 4.39 Å². The quantitative estimate of drug-likeness (QED) is 0.354. The molecule has 1 saturated carbocycles. The molecule has 1 aliphatic heterocycles. The molecule has 1 heterocycles. The number of nitrogens with one attached hydrogen (secondary N) is 2. The first kappa shape index (κ1) is 20.9. The second-order valence-corrected chi connectivity index (χ2v) is 8.03. The molecule has 1 aromatic rings. The van der Waals surface area contributed by atoms with Crippen molar-refractivity contribution >= 4 is 45.9 Å². The maximum Gasteiger partial charge on any atom is 0.191 e. The molecule has 4 nitrogen and oxygen atoms in total. The van der Waals surface area contributed by atoms with Crippen molar-refractivity contribution in [3.8, 4) is 0 Å². The van der Waals surface area contributed by atoms with E-state index in [4.69, 9.17) is 4.74 Å². The van der Waals surface area contributed by atoms with Gasteiger partial charge in [0.25, 0.3) is 0 Å². The Bertz CT molecular complexity index is 641. The molecule has 3 unspecified atom stereocenters. The fourth-order valence-electron chi connectivity index (χ4n) is 3.90. The molecule has 0 aromatic heterocycles. The van der Waals surface area contributed by atoms with Gasteiger partial charge in [-0.25, -0.2) is 9.38 Å². The lowest BCUT2D eigenvalue weighted by atomic mass is 9.57. The van der Waals surface area contributed by atoms with Gasteiger partial charge in [0, 0.05) is 40.6 Å². The monoisotopic (exact) mass is 525 g/mol. The predicted molar refractivity (Wildman–Crippen MR) is 113 cm³/mol. The lowest BCUT2D eigenvalue weighted by molar-refractivity contribution is -0.106. The van der Waals surface area contributed by atoms with Crippen LogP contribution in [0.1, 0.15) is 32.8 Å². The molecule has 25 heavy (non-hydrogen) atoms. The van der Waals surface area contributed by atoms with E-state index >= 15 is 0 Å². The van der Waals surface area contributed by atoms with E-state index < -0.39 is 0 Å². The van der Waals surface area contributed by atoms with E-state index in [2.05, 4.69) is 45.4 Å². The predicted octanol–water partition coefficient (Wildman–Crippen LogP) is 4.07. The number of aliphatic imine (C=N–C) groups is 1. The summed E-state index contributed by atoms with van der Waals surface area (Å²) in [4.78, 5) is 4.57. The van der Waals surface area contributed by atoms with Gasteiger partial charge in [0.2, 0.25) is 0 Å². The molecule has 2 N–H and O–H groups in total. The Hall–Kier alpha value is -0.410. The minimum Gasteiger partial charge on any atom is -0.377 e. The molecule has 1 aliphatic carbocycles. The van der Waals surface area contributed by atoms with Gasteiger partial charge in [-0.05, 0) is 25.5 Å². The highest BCUT2D eigenvalue weighted by atomic mass is 127. The topological polar surface area (TPSA) is 45.7 Å². The Balaban J connectivity index is 0.00000225. The van der Waals surface area contributed by atoms with Crippen molar-refractivity contribution in [3.63, 3.8) is 0 Å². The lowest BCUT2D eigenvalue weighted by Crippen LogP contribution is -2.67.